The summed E-state index contributed by atoms with van der Waals surface area (Å²) in [7, 11) is 0. The molecule has 1 heterocycles. The number of ether oxygens (including phenoxy) is 1. The van der Waals surface area contributed by atoms with E-state index in [-0.39, 0.29) is 13.2 Å². The third-order valence-corrected chi connectivity index (χ3v) is 4.88. The molecule has 0 N–H and O–H groups in total. The molecule has 0 aliphatic carbocycles. The molecule has 0 amide bonds. The number of hydrogen-bond donors (Lipinski definition) is 0. The first kappa shape index (κ1) is 34.0. The van der Waals surface area contributed by atoms with E-state index in [9.17, 15) is 92.2 Å². The summed E-state index contributed by atoms with van der Waals surface area (Å²) in [5.41, 5.74) is 0. The number of halogens is 21. The molecule has 0 aromatic rings. The highest BCUT2D eigenvalue weighted by Gasteiger charge is 2.97. The van der Waals surface area contributed by atoms with Crippen molar-refractivity contribution in [1.29, 1.82) is 0 Å². The molecular formula is C15H8F21NO. The molecule has 0 bridgehead atoms. The zero-order valence-corrected chi connectivity index (χ0v) is 17.1. The normalized spacial score (nSPS) is 18.0. The van der Waals surface area contributed by atoms with Gasteiger partial charge >= 0.3 is 59.5 Å². The van der Waals surface area contributed by atoms with Crippen molar-refractivity contribution in [2.24, 2.45) is 4.99 Å². The van der Waals surface area contributed by atoms with Crippen LogP contribution in [0, 0.1) is 0 Å². The van der Waals surface area contributed by atoms with Gasteiger partial charge in [0.25, 0.3) is 0 Å². The molecule has 1 aliphatic heterocycles. The number of aliphatic imine (C=N–C) groups is 1. The maximum Gasteiger partial charge on any atom is 0.460 e. The molecular weight excluding hydrogens is 609 g/mol. The minimum absolute atomic E-state index is 0.320. The zero-order chi connectivity index (χ0) is 30.8. The van der Waals surface area contributed by atoms with E-state index in [2.05, 4.69) is 9.73 Å². The van der Waals surface area contributed by atoms with Crippen LogP contribution in [-0.4, -0.2) is 78.5 Å². The van der Waals surface area contributed by atoms with E-state index in [0.29, 0.717) is 0 Å². The van der Waals surface area contributed by atoms with Gasteiger partial charge in [0.05, 0.1) is 6.54 Å². The van der Waals surface area contributed by atoms with Crippen molar-refractivity contribution < 1.29 is 96.9 Å². The van der Waals surface area contributed by atoms with Crippen LogP contribution in [0.2, 0.25) is 0 Å². The Hall–Kier alpha value is -2.00. The van der Waals surface area contributed by atoms with Gasteiger partial charge in [-0.15, -0.1) is 0 Å². The van der Waals surface area contributed by atoms with E-state index >= 15 is 0 Å². The fourth-order valence-corrected chi connectivity index (χ4v) is 2.54. The van der Waals surface area contributed by atoms with Crippen molar-refractivity contribution in [3.63, 3.8) is 0 Å². The Morgan fingerprint density at radius 1 is 0.474 bits per heavy atom. The van der Waals surface area contributed by atoms with E-state index in [1.54, 1.807) is 0 Å². The summed E-state index contributed by atoms with van der Waals surface area (Å²) < 4.78 is 282. The lowest BCUT2D eigenvalue weighted by Gasteiger charge is -2.44. The van der Waals surface area contributed by atoms with E-state index in [1.165, 1.54) is 0 Å². The van der Waals surface area contributed by atoms with Crippen LogP contribution in [0.1, 0.15) is 12.8 Å². The average molecular weight is 617 g/mol. The lowest BCUT2D eigenvalue weighted by atomic mass is 9.85. The summed E-state index contributed by atoms with van der Waals surface area (Å²) in [5.74, 6) is -77.7. The smallest absolute Gasteiger partial charge is 0.460 e. The zero-order valence-electron chi connectivity index (χ0n) is 17.1. The van der Waals surface area contributed by atoms with E-state index in [0.717, 1.165) is 0 Å². The SMILES string of the molecule is FC(F)(F)C(F)(F)C(F)(F)C(F)(F)C(F)(F)C(F)(F)C(F)(F)C(F)(F)C(F)(F)C(F)(F)CCC1=NCCO1. The Kier molecular flexibility index (Phi) is 8.07. The van der Waals surface area contributed by atoms with Crippen molar-refractivity contribution >= 4 is 5.90 Å². The van der Waals surface area contributed by atoms with Crippen molar-refractivity contribution in [1.82, 2.24) is 0 Å². The summed E-state index contributed by atoms with van der Waals surface area (Å²) in [6.07, 6.45) is -12.4. The minimum Gasteiger partial charge on any atom is -0.479 e. The van der Waals surface area contributed by atoms with Crippen LogP contribution in [0.3, 0.4) is 0 Å². The quantitative estimate of drug-likeness (QED) is 0.221. The van der Waals surface area contributed by atoms with Gasteiger partial charge in [-0.1, -0.05) is 0 Å². The van der Waals surface area contributed by atoms with E-state index < -0.39 is 78.2 Å². The lowest BCUT2D eigenvalue weighted by Crippen LogP contribution is -2.76. The molecule has 0 aromatic heterocycles. The van der Waals surface area contributed by atoms with Crippen LogP contribution in [0.25, 0.3) is 0 Å². The Morgan fingerprint density at radius 2 is 0.789 bits per heavy atom. The molecule has 2 nitrogen and oxygen atoms in total. The van der Waals surface area contributed by atoms with Gasteiger partial charge in [0.1, 0.15) is 6.61 Å². The fraction of sp³-hybridized carbons (Fsp3) is 0.933. The summed E-state index contributed by atoms with van der Waals surface area (Å²) >= 11 is 0. The molecule has 0 atom stereocenters. The first-order chi connectivity index (χ1) is 16.3. The van der Waals surface area contributed by atoms with Gasteiger partial charge in [-0.3, -0.25) is 4.99 Å². The molecule has 0 unspecified atom stereocenters. The average Bonchev–Trinajstić information content (AvgIpc) is 3.24. The second kappa shape index (κ2) is 9.01. The highest BCUT2D eigenvalue weighted by Crippen LogP contribution is 2.66. The fourth-order valence-electron chi connectivity index (χ4n) is 2.54. The number of nitrogens with zero attached hydrogens (tertiary/aromatic N) is 1. The maximum absolute atomic E-state index is 13.7. The molecule has 226 valence electrons. The predicted molar refractivity (Wildman–Crippen MR) is 78.1 cm³/mol. The second-order valence-electron chi connectivity index (χ2n) is 7.42. The van der Waals surface area contributed by atoms with Gasteiger partial charge in [0, 0.05) is 12.8 Å². The van der Waals surface area contributed by atoms with Gasteiger partial charge in [-0.2, -0.15) is 92.2 Å². The van der Waals surface area contributed by atoms with Crippen LogP contribution in [-0.2, 0) is 4.74 Å². The molecule has 1 rings (SSSR count). The molecule has 0 aromatic carbocycles. The Bertz CT molecular complexity index is 901. The van der Waals surface area contributed by atoms with Crippen LogP contribution in [0.4, 0.5) is 92.2 Å². The van der Waals surface area contributed by atoms with E-state index in [4.69, 9.17) is 0 Å². The third kappa shape index (κ3) is 4.37. The van der Waals surface area contributed by atoms with Crippen molar-refractivity contribution in [2.75, 3.05) is 13.2 Å². The van der Waals surface area contributed by atoms with Crippen molar-refractivity contribution in [3.05, 3.63) is 0 Å². The maximum atomic E-state index is 13.7. The molecule has 0 saturated heterocycles. The summed E-state index contributed by atoms with van der Waals surface area (Å²) in [6, 6.07) is 0. The van der Waals surface area contributed by atoms with Gasteiger partial charge in [0.15, 0.2) is 5.90 Å². The Labute approximate surface area is 194 Å². The van der Waals surface area contributed by atoms with Crippen molar-refractivity contribution in [3.8, 4) is 0 Å². The largest absolute Gasteiger partial charge is 0.479 e. The molecule has 1 aliphatic rings. The third-order valence-electron chi connectivity index (χ3n) is 4.88. The van der Waals surface area contributed by atoms with Gasteiger partial charge in [0.2, 0.25) is 0 Å². The highest BCUT2D eigenvalue weighted by atomic mass is 19.4. The number of hydrogen-bond acceptors (Lipinski definition) is 2. The minimum atomic E-state index is -9.16. The van der Waals surface area contributed by atoms with Gasteiger partial charge < -0.3 is 4.74 Å². The summed E-state index contributed by atoms with van der Waals surface area (Å²) in [4.78, 5) is 3.16. The standard InChI is InChI=1S/C15H8F21NO/c16-6(17,2-1-5-37-3-4-38-5)7(18,19)8(20,21)9(22,23)10(24,25)11(26,27)12(28,29)13(30,31)14(32,33)15(34,35)36/h1-4H2. The van der Waals surface area contributed by atoms with Gasteiger partial charge in [-0.05, 0) is 0 Å². The Balaban J connectivity index is 3.61. The van der Waals surface area contributed by atoms with E-state index in [1.807, 2.05) is 0 Å². The first-order valence-electron chi connectivity index (χ1n) is 8.96. The molecule has 38 heavy (non-hydrogen) atoms. The molecule has 0 radical (unpaired) electrons. The topological polar surface area (TPSA) is 21.6 Å². The molecule has 0 saturated carbocycles. The lowest BCUT2D eigenvalue weighted by molar-refractivity contribution is -0.474. The Morgan fingerprint density at radius 3 is 1.08 bits per heavy atom. The monoisotopic (exact) mass is 617 g/mol. The summed E-state index contributed by atoms with van der Waals surface area (Å²) in [6.45, 7) is -0.710. The van der Waals surface area contributed by atoms with Crippen LogP contribution >= 0.6 is 0 Å². The van der Waals surface area contributed by atoms with Crippen molar-refractivity contribution in [2.45, 2.75) is 72.3 Å². The second-order valence-corrected chi connectivity index (χ2v) is 7.42. The molecule has 0 spiro atoms. The van der Waals surface area contributed by atoms with Crippen LogP contribution < -0.4 is 0 Å². The number of rotatable bonds is 11. The first-order valence-corrected chi connectivity index (χ1v) is 8.96. The highest BCUT2D eigenvalue weighted by molar-refractivity contribution is 5.77. The van der Waals surface area contributed by atoms with Crippen LogP contribution in [0.15, 0.2) is 4.99 Å². The number of alkyl halides is 21. The van der Waals surface area contributed by atoms with Gasteiger partial charge in [-0.25, -0.2) is 0 Å². The summed E-state index contributed by atoms with van der Waals surface area (Å²) in [5, 5.41) is 0. The molecule has 23 heteroatoms. The van der Waals surface area contributed by atoms with Crippen LogP contribution in [0.5, 0.6) is 0 Å². The predicted octanol–water partition coefficient (Wildman–Crippen LogP) is 7.48. The molecule has 0 fully saturated rings.